The van der Waals surface area contributed by atoms with Crippen LogP contribution in [-0.4, -0.2) is 17.1 Å². The van der Waals surface area contributed by atoms with Crippen molar-refractivity contribution < 1.29 is 9.53 Å². The minimum absolute atomic E-state index is 0.0975. The molecule has 0 fully saturated rings. The lowest BCUT2D eigenvalue weighted by molar-refractivity contribution is 0.102. The Balaban J connectivity index is 1.69. The maximum atomic E-state index is 12.8. The highest BCUT2D eigenvalue weighted by atomic mass is 16.5. The number of nitrogens with one attached hydrogen (secondary N) is 1. The van der Waals surface area contributed by atoms with Gasteiger partial charge in [0.1, 0.15) is 5.75 Å². The third-order valence-corrected chi connectivity index (χ3v) is 4.58. The second kappa shape index (κ2) is 6.09. The first-order valence-electron chi connectivity index (χ1n) is 8.29. The molecule has 0 atom stereocenters. The monoisotopic (exact) mass is 334 g/mol. The SMILES string of the molecule is Cn1c(=O)ccc2c(C(=O)Nc3ccc4c(c3)CCCO4)cccc21. The van der Waals surface area contributed by atoms with Crippen molar-refractivity contribution in [2.75, 3.05) is 11.9 Å². The first kappa shape index (κ1) is 15.4. The van der Waals surface area contributed by atoms with Gasteiger partial charge in [-0.25, -0.2) is 0 Å². The second-order valence-electron chi connectivity index (χ2n) is 6.20. The average Bonchev–Trinajstić information content (AvgIpc) is 2.64. The molecule has 2 heterocycles. The smallest absolute Gasteiger partial charge is 0.256 e. The van der Waals surface area contributed by atoms with Crippen LogP contribution in [0, 0.1) is 0 Å². The van der Waals surface area contributed by atoms with Crippen LogP contribution in [0.4, 0.5) is 5.69 Å². The number of hydrogen-bond acceptors (Lipinski definition) is 3. The van der Waals surface area contributed by atoms with Crippen molar-refractivity contribution >= 4 is 22.5 Å². The third kappa shape index (κ3) is 2.78. The fourth-order valence-electron chi connectivity index (χ4n) is 3.24. The van der Waals surface area contributed by atoms with E-state index in [0.29, 0.717) is 5.56 Å². The molecule has 0 radical (unpaired) electrons. The summed E-state index contributed by atoms with van der Waals surface area (Å²) >= 11 is 0. The highest BCUT2D eigenvalue weighted by Crippen LogP contribution is 2.28. The quantitative estimate of drug-likeness (QED) is 0.783. The number of benzene rings is 2. The average molecular weight is 334 g/mol. The van der Waals surface area contributed by atoms with Gasteiger partial charge in [0.25, 0.3) is 11.5 Å². The standard InChI is InChI=1S/C20H18N2O3/c1-22-17-6-2-5-16(15(17)8-10-19(22)23)20(24)21-14-7-9-18-13(12-14)4-3-11-25-18/h2,5-10,12H,3-4,11H2,1H3,(H,21,24). The molecule has 25 heavy (non-hydrogen) atoms. The molecule has 5 heteroatoms. The summed E-state index contributed by atoms with van der Waals surface area (Å²) in [6.07, 6.45) is 1.94. The number of carbonyl (C=O) groups excluding carboxylic acids is 1. The summed E-state index contributed by atoms with van der Waals surface area (Å²) in [4.78, 5) is 24.6. The first-order chi connectivity index (χ1) is 12.1. The number of amides is 1. The van der Waals surface area contributed by atoms with Crippen LogP contribution in [0.15, 0.2) is 53.3 Å². The van der Waals surface area contributed by atoms with E-state index < -0.39 is 0 Å². The van der Waals surface area contributed by atoms with E-state index in [1.807, 2.05) is 24.3 Å². The lowest BCUT2D eigenvalue weighted by atomic mass is 10.0. The van der Waals surface area contributed by atoms with Gasteiger partial charge < -0.3 is 14.6 Å². The van der Waals surface area contributed by atoms with Gasteiger partial charge in [0.15, 0.2) is 0 Å². The van der Waals surface area contributed by atoms with E-state index in [-0.39, 0.29) is 11.5 Å². The van der Waals surface area contributed by atoms with Crippen LogP contribution in [0.2, 0.25) is 0 Å². The number of aryl methyl sites for hydroxylation is 2. The summed E-state index contributed by atoms with van der Waals surface area (Å²) < 4.78 is 7.15. The van der Waals surface area contributed by atoms with Gasteiger partial charge in [0, 0.05) is 29.8 Å². The molecule has 0 aliphatic carbocycles. The lowest BCUT2D eigenvalue weighted by Crippen LogP contribution is -2.18. The maximum absolute atomic E-state index is 12.8. The van der Waals surface area contributed by atoms with E-state index in [4.69, 9.17) is 4.74 Å². The molecule has 1 aliphatic heterocycles. The number of anilines is 1. The summed E-state index contributed by atoms with van der Waals surface area (Å²) in [5.74, 6) is 0.699. The summed E-state index contributed by atoms with van der Waals surface area (Å²) in [6, 6.07) is 14.3. The molecule has 1 amide bonds. The van der Waals surface area contributed by atoms with E-state index in [1.165, 1.54) is 6.07 Å². The zero-order chi connectivity index (χ0) is 17.4. The Hall–Kier alpha value is -3.08. The summed E-state index contributed by atoms with van der Waals surface area (Å²) in [5.41, 5.74) is 3.04. The Morgan fingerprint density at radius 1 is 1.16 bits per heavy atom. The molecule has 0 spiro atoms. The summed E-state index contributed by atoms with van der Waals surface area (Å²) in [5, 5.41) is 3.71. The minimum atomic E-state index is -0.194. The van der Waals surface area contributed by atoms with Gasteiger partial charge in [0.2, 0.25) is 0 Å². The molecule has 126 valence electrons. The maximum Gasteiger partial charge on any atom is 0.256 e. The molecule has 0 saturated carbocycles. The molecule has 0 bridgehead atoms. The Morgan fingerprint density at radius 2 is 2.04 bits per heavy atom. The Kier molecular flexibility index (Phi) is 3.76. The fraction of sp³-hybridized carbons (Fsp3) is 0.200. The van der Waals surface area contributed by atoms with Gasteiger partial charge >= 0.3 is 0 Å². The van der Waals surface area contributed by atoms with Gasteiger partial charge in [-0.2, -0.15) is 0 Å². The van der Waals surface area contributed by atoms with Crippen molar-refractivity contribution in [3.8, 4) is 5.75 Å². The lowest BCUT2D eigenvalue weighted by Gasteiger charge is -2.18. The molecule has 1 aliphatic rings. The van der Waals surface area contributed by atoms with Crippen molar-refractivity contribution in [3.05, 3.63) is 70.0 Å². The van der Waals surface area contributed by atoms with Crippen LogP contribution in [0.3, 0.4) is 0 Å². The Morgan fingerprint density at radius 3 is 2.92 bits per heavy atom. The number of fused-ring (bicyclic) bond motifs is 2. The van der Waals surface area contributed by atoms with E-state index in [0.717, 1.165) is 47.4 Å². The van der Waals surface area contributed by atoms with E-state index in [2.05, 4.69) is 5.32 Å². The Labute approximate surface area is 144 Å². The van der Waals surface area contributed by atoms with Crippen LogP contribution in [0.1, 0.15) is 22.3 Å². The zero-order valence-corrected chi connectivity index (χ0v) is 13.9. The normalized spacial score (nSPS) is 13.2. The van der Waals surface area contributed by atoms with E-state index in [9.17, 15) is 9.59 Å². The zero-order valence-electron chi connectivity index (χ0n) is 13.9. The van der Waals surface area contributed by atoms with Crippen LogP contribution >= 0.6 is 0 Å². The molecule has 1 N–H and O–H groups in total. The highest BCUT2D eigenvalue weighted by Gasteiger charge is 2.14. The van der Waals surface area contributed by atoms with Crippen molar-refractivity contribution in [2.24, 2.45) is 7.05 Å². The van der Waals surface area contributed by atoms with Gasteiger partial charge in [-0.15, -0.1) is 0 Å². The number of carbonyl (C=O) groups is 1. The number of aromatic nitrogens is 1. The summed E-state index contributed by atoms with van der Waals surface area (Å²) in [6.45, 7) is 0.743. The largest absolute Gasteiger partial charge is 0.493 e. The van der Waals surface area contributed by atoms with Crippen molar-refractivity contribution in [1.82, 2.24) is 4.57 Å². The Bertz CT molecular complexity index is 1040. The second-order valence-corrected chi connectivity index (χ2v) is 6.20. The first-order valence-corrected chi connectivity index (χ1v) is 8.29. The molecular formula is C20H18N2O3. The highest BCUT2D eigenvalue weighted by molar-refractivity contribution is 6.12. The van der Waals surface area contributed by atoms with Crippen LogP contribution in [0.5, 0.6) is 5.75 Å². The van der Waals surface area contributed by atoms with Crippen molar-refractivity contribution in [1.29, 1.82) is 0 Å². The number of pyridine rings is 1. The molecule has 2 aromatic carbocycles. The predicted molar refractivity (Wildman–Crippen MR) is 97.4 cm³/mol. The number of nitrogens with zero attached hydrogens (tertiary/aromatic N) is 1. The van der Waals surface area contributed by atoms with Crippen LogP contribution < -0.4 is 15.6 Å². The molecule has 0 saturated heterocycles. The molecule has 4 rings (SSSR count). The van der Waals surface area contributed by atoms with Gasteiger partial charge in [-0.1, -0.05) is 6.07 Å². The van der Waals surface area contributed by atoms with Gasteiger partial charge in [-0.3, -0.25) is 9.59 Å². The third-order valence-electron chi connectivity index (χ3n) is 4.58. The molecule has 0 unspecified atom stereocenters. The fourth-order valence-corrected chi connectivity index (χ4v) is 3.24. The van der Waals surface area contributed by atoms with Gasteiger partial charge in [0.05, 0.1) is 12.1 Å². The van der Waals surface area contributed by atoms with Gasteiger partial charge in [-0.05, 0) is 54.8 Å². The number of ether oxygens (including phenoxy) is 1. The van der Waals surface area contributed by atoms with Crippen LogP contribution in [0.25, 0.3) is 10.9 Å². The summed E-state index contributed by atoms with van der Waals surface area (Å²) in [7, 11) is 1.70. The minimum Gasteiger partial charge on any atom is -0.493 e. The van der Waals surface area contributed by atoms with Crippen molar-refractivity contribution in [2.45, 2.75) is 12.8 Å². The number of rotatable bonds is 2. The predicted octanol–water partition coefficient (Wildman–Crippen LogP) is 3.12. The van der Waals surface area contributed by atoms with E-state index in [1.54, 1.807) is 29.8 Å². The van der Waals surface area contributed by atoms with Crippen LogP contribution in [-0.2, 0) is 13.5 Å². The van der Waals surface area contributed by atoms with E-state index >= 15 is 0 Å². The van der Waals surface area contributed by atoms with Crippen molar-refractivity contribution in [3.63, 3.8) is 0 Å². The molecule has 1 aromatic heterocycles. The molecular weight excluding hydrogens is 316 g/mol. The molecule has 3 aromatic rings. The number of hydrogen-bond donors (Lipinski definition) is 1. The molecule has 5 nitrogen and oxygen atoms in total. The topological polar surface area (TPSA) is 60.3 Å².